The number of thiophene rings is 1. The summed E-state index contributed by atoms with van der Waals surface area (Å²) in [6.45, 7) is 3.83. The minimum absolute atomic E-state index is 0.152. The standard InChI is InChI=1S/C21H26N2O3S/c1-3-13(2)26-21(25)16-10-5-4-9-15(16)19(24)23-20-17(12-22)14-8-6-7-11-18(14)27-20/h4-5,13,15-16H,3,6-11H2,1-2H3,(H,23,24)/t13-,15-,16-/m0/s1. The summed E-state index contributed by atoms with van der Waals surface area (Å²) in [5.41, 5.74) is 1.70. The second-order valence-electron chi connectivity index (χ2n) is 7.33. The van der Waals surface area contributed by atoms with Crippen molar-refractivity contribution in [2.24, 2.45) is 11.8 Å². The maximum Gasteiger partial charge on any atom is 0.310 e. The average molecular weight is 387 g/mol. The third kappa shape index (κ3) is 4.24. The number of nitrogens with zero attached hydrogens (tertiary/aromatic N) is 1. The number of ether oxygens (including phenoxy) is 1. The van der Waals surface area contributed by atoms with Gasteiger partial charge in [-0.05, 0) is 57.4 Å². The fourth-order valence-corrected chi connectivity index (χ4v) is 4.95. The Labute approximate surface area is 164 Å². The van der Waals surface area contributed by atoms with Gasteiger partial charge in [0.05, 0.1) is 23.5 Å². The molecule has 0 saturated carbocycles. The van der Waals surface area contributed by atoms with Crippen LogP contribution in [0.2, 0.25) is 0 Å². The Bertz CT molecular complexity index is 790. The van der Waals surface area contributed by atoms with Crippen molar-refractivity contribution in [2.45, 2.75) is 64.9 Å². The summed E-state index contributed by atoms with van der Waals surface area (Å²) in [5.74, 6) is -1.43. The first-order valence-electron chi connectivity index (χ1n) is 9.76. The second kappa shape index (κ2) is 8.71. The number of carbonyl (C=O) groups excluding carboxylic acids is 2. The van der Waals surface area contributed by atoms with Gasteiger partial charge in [-0.1, -0.05) is 19.1 Å². The Kier molecular flexibility index (Phi) is 6.33. The molecule has 3 rings (SSSR count). The highest BCUT2D eigenvalue weighted by Crippen LogP contribution is 2.38. The van der Waals surface area contributed by atoms with E-state index in [0.29, 0.717) is 23.4 Å². The van der Waals surface area contributed by atoms with Crippen molar-refractivity contribution in [1.29, 1.82) is 5.26 Å². The second-order valence-corrected chi connectivity index (χ2v) is 8.43. The first kappa shape index (κ1) is 19.6. The molecule has 144 valence electrons. The van der Waals surface area contributed by atoms with Crippen LogP contribution in [0.5, 0.6) is 0 Å². The largest absolute Gasteiger partial charge is 0.462 e. The molecule has 5 nitrogen and oxygen atoms in total. The number of hydrogen-bond acceptors (Lipinski definition) is 5. The molecule has 0 spiro atoms. The molecule has 1 N–H and O–H groups in total. The maximum atomic E-state index is 13.0. The fourth-order valence-electron chi connectivity index (χ4n) is 3.71. The Morgan fingerprint density at radius 2 is 2.00 bits per heavy atom. The van der Waals surface area contributed by atoms with E-state index >= 15 is 0 Å². The average Bonchev–Trinajstić information content (AvgIpc) is 3.04. The van der Waals surface area contributed by atoms with Gasteiger partial charge in [0.1, 0.15) is 11.1 Å². The molecule has 0 unspecified atom stereocenters. The van der Waals surface area contributed by atoms with E-state index in [0.717, 1.165) is 37.7 Å². The van der Waals surface area contributed by atoms with Crippen molar-refractivity contribution >= 4 is 28.2 Å². The topological polar surface area (TPSA) is 79.2 Å². The lowest BCUT2D eigenvalue weighted by atomic mass is 9.82. The molecule has 2 aliphatic rings. The van der Waals surface area contributed by atoms with Crippen LogP contribution in [-0.2, 0) is 27.2 Å². The highest BCUT2D eigenvalue weighted by molar-refractivity contribution is 7.16. The van der Waals surface area contributed by atoms with Crippen molar-refractivity contribution < 1.29 is 14.3 Å². The maximum absolute atomic E-state index is 13.0. The SMILES string of the molecule is CC[C@H](C)OC(=O)[C@H]1CC=CC[C@@H]1C(=O)Nc1sc2c(c1C#N)CCCC2. The predicted molar refractivity (Wildman–Crippen MR) is 106 cm³/mol. The molecule has 1 aromatic rings. The minimum Gasteiger partial charge on any atom is -0.462 e. The lowest BCUT2D eigenvalue weighted by molar-refractivity contribution is -0.157. The number of fused-ring (bicyclic) bond motifs is 1. The van der Waals surface area contributed by atoms with E-state index < -0.39 is 11.8 Å². The molecule has 2 aliphatic carbocycles. The summed E-state index contributed by atoms with van der Waals surface area (Å²) in [6, 6.07) is 2.27. The van der Waals surface area contributed by atoms with Crippen LogP contribution in [0.1, 0.15) is 62.0 Å². The predicted octanol–water partition coefficient (Wildman–Crippen LogP) is 4.36. The summed E-state index contributed by atoms with van der Waals surface area (Å²) in [6.07, 6.45) is 9.60. The molecule has 0 saturated heterocycles. The van der Waals surface area contributed by atoms with Crippen LogP contribution in [0.25, 0.3) is 0 Å². The van der Waals surface area contributed by atoms with Gasteiger partial charge in [0.25, 0.3) is 0 Å². The quantitative estimate of drug-likeness (QED) is 0.602. The number of hydrogen-bond donors (Lipinski definition) is 1. The van der Waals surface area contributed by atoms with E-state index in [9.17, 15) is 14.9 Å². The van der Waals surface area contributed by atoms with Gasteiger partial charge >= 0.3 is 5.97 Å². The van der Waals surface area contributed by atoms with Gasteiger partial charge in [-0.2, -0.15) is 5.26 Å². The number of esters is 1. The van der Waals surface area contributed by atoms with Crippen molar-refractivity contribution in [3.63, 3.8) is 0 Å². The van der Waals surface area contributed by atoms with Gasteiger partial charge in [0.15, 0.2) is 0 Å². The van der Waals surface area contributed by atoms with Crippen molar-refractivity contribution in [2.75, 3.05) is 5.32 Å². The van der Waals surface area contributed by atoms with Crippen molar-refractivity contribution in [1.82, 2.24) is 0 Å². The molecule has 0 aliphatic heterocycles. The number of allylic oxidation sites excluding steroid dienone is 2. The molecule has 0 aromatic carbocycles. The summed E-state index contributed by atoms with van der Waals surface area (Å²) in [7, 11) is 0. The summed E-state index contributed by atoms with van der Waals surface area (Å²) < 4.78 is 5.48. The van der Waals surface area contributed by atoms with Crippen LogP contribution in [0.4, 0.5) is 5.00 Å². The smallest absolute Gasteiger partial charge is 0.310 e. The van der Waals surface area contributed by atoms with E-state index in [1.54, 1.807) is 0 Å². The number of rotatable bonds is 5. The van der Waals surface area contributed by atoms with Crippen LogP contribution in [0.15, 0.2) is 12.2 Å². The van der Waals surface area contributed by atoms with Gasteiger partial charge in [0, 0.05) is 4.88 Å². The van der Waals surface area contributed by atoms with Gasteiger partial charge in [-0.3, -0.25) is 9.59 Å². The van der Waals surface area contributed by atoms with Gasteiger partial charge in [0.2, 0.25) is 5.91 Å². The molecule has 0 radical (unpaired) electrons. The number of aryl methyl sites for hydroxylation is 1. The molecule has 0 bridgehead atoms. The third-order valence-electron chi connectivity index (χ3n) is 5.48. The fraction of sp³-hybridized carbons (Fsp3) is 0.571. The van der Waals surface area contributed by atoms with Crippen molar-refractivity contribution in [3.05, 3.63) is 28.2 Å². The van der Waals surface area contributed by atoms with Crippen molar-refractivity contribution in [3.8, 4) is 6.07 Å². The Balaban J connectivity index is 1.76. The van der Waals surface area contributed by atoms with Crippen LogP contribution >= 0.6 is 11.3 Å². The van der Waals surface area contributed by atoms with E-state index in [1.165, 1.54) is 16.2 Å². The highest BCUT2D eigenvalue weighted by atomic mass is 32.1. The summed E-state index contributed by atoms with van der Waals surface area (Å²) in [5, 5.41) is 13.2. The first-order chi connectivity index (χ1) is 13.0. The van der Waals surface area contributed by atoms with Gasteiger partial charge in [-0.15, -0.1) is 11.3 Å². The molecule has 6 heteroatoms. The van der Waals surface area contributed by atoms with E-state index in [1.807, 2.05) is 26.0 Å². The molecule has 1 amide bonds. The molecule has 0 fully saturated rings. The third-order valence-corrected chi connectivity index (χ3v) is 6.69. The Hall–Kier alpha value is -2.13. The van der Waals surface area contributed by atoms with E-state index in [-0.39, 0.29) is 18.0 Å². The number of amides is 1. The molecule has 27 heavy (non-hydrogen) atoms. The molecule has 1 aromatic heterocycles. The number of anilines is 1. The monoisotopic (exact) mass is 386 g/mol. The minimum atomic E-state index is -0.468. The zero-order valence-corrected chi connectivity index (χ0v) is 16.7. The van der Waals surface area contributed by atoms with Gasteiger partial charge < -0.3 is 10.1 Å². The van der Waals surface area contributed by atoms with Crippen LogP contribution in [0.3, 0.4) is 0 Å². The first-order valence-corrected chi connectivity index (χ1v) is 10.6. The van der Waals surface area contributed by atoms with Gasteiger partial charge in [-0.25, -0.2) is 0 Å². The van der Waals surface area contributed by atoms with Crippen LogP contribution < -0.4 is 5.32 Å². The molecular weight excluding hydrogens is 360 g/mol. The number of nitriles is 1. The zero-order valence-electron chi connectivity index (χ0n) is 15.9. The van der Waals surface area contributed by atoms with E-state index in [4.69, 9.17) is 4.74 Å². The summed E-state index contributed by atoms with van der Waals surface area (Å²) in [4.78, 5) is 26.7. The van der Waals surface area contributed by atoms with E-state index in [2.05, 4.69) is 11.4 Å². The van der Waals surface area contributed by atoms with Crippen LogP contribution in [-0.4, -0.2) is 18.0 Å². The number of nitrogens with one attached hydrogen (secondary N) is 1. The normalized spacial score (nSPS) is 22.4. The molecule has 1 heterocycles. The highest BCUT2D eigenvalue weighted by Gasteiger charge is 2.36. The Morgan fingerprint density at radius 1 is 1.30 bits per heavy atom. The lowest BCUT2D eigenvalue weighted by Gasteiger charge is -2.27. The lowest BCUT2D eigenvalue weighted by Crippen LogP contribution is -2.36. The zero-order chi connectivity index (χ0) is 19.4. The molecule has 3 atom stereocenters. The van der Waals surface area contributed by atoms with Crippen LogP contribution in [0, 0.1) is 23.2 Å². The number of carbonyl (C=O) groups is 2. The summed E-state index contributed by atoms with van der Waals surface area (Å²) >= 11 is 1.51. The molecular formula is C21H26N2O3S. The Morgan fingerprint density at radius 3 is 2.70 bits per heavy atom.